The minimum atomic E-state index is -0.779. The summed E-state index contributed by atoms with van der Waals surface area (Å²) in [4.78, 5) is 65.8. The number of fused-ring (bicyclic) bond motifs is 1. The highest BCUT2D eigenvalue weighted by Crippen LogP contribution is 2.35. The topological polar surface area (TPSA) is 125 Å². The van der Waals surface area contributed by atoms with Crippen LogP contribution in [-0.4, -0.2) is 71.6 Å². The summed E-state index contributed by atoms with van der Waals surface area (Å²) in [5, 5.41) is 10.9. The molecule has 0 saturated carbocycles. The van der Waals surface area contributed by atoms with Crippen molar-refractivity contribution in [2.45, 2.75) is 71.3 Å². The standard InChI is InChI=1S/C38H48N4O5S/c1-3-39-37(47)38(25-29-13-6-4-7-14-29)20-12-22-42(27-38)36(46)33(24-30-18-19-31-15-9-10-16-32(31)23-30)41-34(44)17-8-5-11-21-40-35(45)26-48-28(2)43/h4,6-7,9-10,13-16,18-19,23,33H,3,5,8,11-12,17,20-22,24-27H2,1-2H3,(H,39,47)(H,40,45)(H,41,44)/t33-,38+/m1/s1. The van der Waals surface area contributed by atoms with Gasteiger partial charge in [-0.3, -0.25) is 24.0 Å². The number of rotatable bonds is 16. The number of amides is 4. The predicted molar refractivity (Wildman–Crippen MR) is 191 cm³/mol. The van der Waals surface area contributed by atoms with Gasteiger partial charge in [0.1, 0.15) is 6.04 Å². The lowest BCUT2D eigenvalue weighted by atomic mass is 9.74. The largest absolute Gasteiger partial charge is 0.356 e. The molecule has 0 unspecified atom stereocenters. The Balaban J connectivity index is 1.44. The van der Waals surface area contributed by atoms with Crippen LogP contribution in [0, 0.1) is 5.41 Å². The van der Waals surface area contributed by atoms with Crippen molar-refractivity contribution < 1.29 is 24.0 Å². The molecule has 1 heterocycles. The van der Waals surface area contributed by atoms with Crippen molar-refractivity contribution in [3.63, 3.8) is 0 Å². The van der Waals surface area contributed by atoms with Gasteiger partial charge in [-0.2, -0.15) is 0 Å². The summed E-state index contributed by atoms with van der Waals surface area (Å²) in [7, 11) is 0. The lowest BCUT2D eigenvalue weighted by Crippen LogP contribution is -2.58. The molecule has 0 radical (unpaired) electrons. The van der Waals surface area contributed by atoms with Crippen LogP contribution in [0.3, 0.4) is 0 Å². The first kappa shape index (κ1) is 36.7. The molecule has 0 bridgehead atoms. The normalized spacial score (nSPS) is 16.6. The van der Waals surface area contributed by atoms with E-state index >= 15 is 0 Å². The summed E-state index contributed by atoms with van der Waals surface area (Å²) >= 11 is 0.979. The van der Waals surface area contributed by atoms with E-state index in [1.807, 2.05) is 73.7 Å². The average Bonchev–Trinajstić information content (AvgIpc) is 3.08. The summed E-state index contributed by atoms with van der Waals surface area (Å²) in [5.41, 5.74) is 1.24. The van der Waals surface area contributed by atoms with Crippen LogP contribution in [0.15, 0.2) is 72.8 Å². The second-order valence-corrected chi connectivity index (χ2v) is 13.8. The Morgan fingerprint density at radius 1 is 0.854 bits per heavy atom. The van der Waals surface area contributed by atoms with Crippen molar-refractivity contribution >= 4 is 51.3 Å². The van der Waals surface area contributed by atoms with Crippen molar-refractivity contribution in [3.8, 4) is 0 Å². The highest BCUT2D eigenvalue weighted by Gasteiger charge is 2.44. The molecular weight excluding hydrogens is 625 g/mol. The number of benzene rings is 3. The predicted octanol–water partition coefficient (Wildman–Crippen LogP) is 4.81. The Kier molecular flexibility index (Phi) is 14.0. The van der Waals surface area contributed by atoms with E-state index in [0.717, 1.165) is 40.1 Å². The van der Waals surface area contributed by atoms with Gasteiger partial charge in [0.2, 0.25) is 23.6 Å². The Labute approximate surface area is 288 Å². The second kappa shape index (κ2) is 18.4. The highest BCUT2D eigenvalue weighted by atomic mass is 32.2. The molecule has 1 fully saturated rings. The summed E-state index contributed by atoms with van der Waals surface area (Å²) < 4.78 is 0. The molecule has 1 aliphatic rings. The first-order valence-corrected chi connectivity index (χ1v) is 18.0. The molecule has 1 aliphatic heterocycles. The number of hydrogen-bond acceptors (Lipinski definition) is 6. The molecule has 0 aliphatic carbocycles. The van der Waals surface area contributed by atoms with Crippen LogP contribution in [0.5, 0.6) is 0 Å². The smallest absolute Gasteiger partial charge is 0.245 e. The number of carbonyl (C=O) groups is 5. The van der Waals surface area contributed by atoms with E-state index in [9.17, 15) is 24.0 Å². The molecule has 9 nitrogen and oxygen atoms in total. The number of carbonyl (C=O) groups excluding carboxylic acids is 5. The fraction of sp³-hybridized carbons (Fsp3) is 0.447. The number of nitrogens with zero attached hydrogens (tertiary/aromatic N) is 1. The lowest BCUT2D eigenvalue weighted by Gasteiger charge is -2.43. The van der Waals surface area contributed by atoms with Crippen LogP contribution in [0.1, 0.15) is 63.5 Å². The third-order valence-corrected chi connectivity index (χ3v) is 9.60. The Bertz CT molecular complexity index is 1560. The first-order chi connectivity index (χ1) is 23.2. The van der Waals surface area contributed by atoms with Crippen LogP contribution in [0.25, 0.3) is 10.8 Å². The van der Waals surface area contributed by atoms with E-state index in [2.05, 4.69) is 22.0 Å². The van der Waals surface area contributed by atoms with Crippen molar-refractivity contribution in [2.75, 3.05) is 31.9 Å². The maximum absolute atomic E-state index is 14.3. The summed E-state index contributed by atoms with van der Waals surface area (Å²) in [6.45, 7) is 5.13. The number of hydrogen-bond donors (Lipinski definition) is 3. The van der Waals surface area contributed by atoms with Crippen LogP contribution < -0.4 is 16.0 Å². The molecule has 2 atom stereocenters. The van der Waals surface area contributed by atoms with Gasteiger partial charge in [0.15, 0.2) is 5.12 Å². The van der Waals surface area contributed by atoms with Crippen molar-refractivity contribution in [1.82, 2.24) is 20.9 Å². The number of unbranched alkanes of at least 4 members (excludes halogenated alkanes) is 2. The third kappa shape index (κ3) is 10.9. The fourth-order valence-electron chi connectivity index (χ4n) is 6.39. The van der Waals surface area contributed by atoms with E-state index < -0.39 is 11.5 Å². The lowest BCUT2D eigenvalue weighted by molar-refractivity contribution is -0.144. The molecule has 10 heteroatoms. The van der Waals surface area contributed by atoms with E-state index in [0.29, 0.717) is 58.2 Å². The number of thioether (sulfide) groups is 1. The summed E-state index contributed by atoms with van der Waals surface area (Å²) in [6, 6.07) is 23.3. The first-order valence-electron chi connectivity index (χ1n) is 17.0. The van der Waals surface area contributed by atoms with Gasteiger partial charge in [-0.25, -0.2) is 0 Å². The quantitative estimate of drug-likeness (QED) is 0.188. The Morgan fingerprint density at radius 2 is 1.60 bits per heavy atom. The summed E-state index contributed by atoms with van der Waals surface area (Å²) in [5.74, 6) is -0.495. The van der Waals surface area contributed by atoms with Crippen LogP contribution in [0.2, 0.25) is 0 Å². The molecule has 3 aromatic rings. The monoisotopic (exact) mass is 672 g/mol. The molecule has 48 heavy (non-hydrogen) atoms. The van der Waals surface area contributed by atoms with Crippen LogP contribution >= 0.6 is 11.8 Å². The molecule has 4 amide bonds. The molecule has 1 saturated heterocycles. The zero-order valence-electron chi connectivity index (χ0n) is 28.1. The molecule has 3 N–H and O–H groups in total. The zero-order chi connectivity index (χ0) is 34.4. The average molecular weight is 673 g/mol. The van der Waals surface area contributed by atoms with Gasteiger partial charge in [-0.05, 0) is 60.9 Å². The van der Waals surface area contributed by atoms with Crippen molar-refractivity contribution in [3.05, 3.63) is 83.9 Å². The summed E-state index contributed by atoms with van der Waals surface area (Å²) in [6.07, 6.45) is 4.54. The van der Waals surface area contributed by atoms with E-state index in [1.165, 1.54) is 6.92 Å². The maximum atomic E-state index is 14.3. The van der Waals surface area contributed by atoms with Gasteiger partial charge < -0.3 is 20.9 Å². The van der Waals surface area contributed by atoms with Crippen LogP contribution in [0.4, 0.5) is 0 Å². The van der Waals surface area contributed by atoms with Gasteiger partial charge in [0, 0.05) is 45.9 Å². The van der Waals surface area contributed by atoms with Gasteiger partial charge in [0.05, 0.1) is 11.2 Å². The van der Waals surface area contributed by atoms with Gasteiger partial charge in [-0.1, -0.05) is 91.0 Å². The molecule has 256 valence electrons. The maximum Gasteiger partial charge on any atom is 0.245 e. The minimum Gasteiger partial charge on any atom is -0.356 e. The molecule has 0 spiro atoms. The van der Waals surface area contributed by atoms with Gasteiger partial charge >= 0.3 is 0 Å². The van der Waals surface area contributed by atoms with Gasteiger partial charge in [-0.15, -0.1) is 0 Å². The Hall–Kier alpha value is -4.18. The van der Waals surface area contributed by atoms with E-state index in [-0.39, 0.29) is 47.5 Å². The van der Waals surface area contributed by atoms with E-state index in [4.69, 9.17) is 0 Å². The number of likely N-dealkylation sites (tertiary alicyclic amines) is 1. The SMILES string of the molecule is CCNC(=O)[C@]1(Cc2ccccc2)CCCN(C(=O)[C@@H](Cc2ccc3ccccc3c2)NC(=O)CCCCCNC(=O)CSC(C)=O)C1. The minimum absolute atomic E-state index is 0.0461. The zero-order valence-corrected chi connectivity index (χ0v) is 28.9. The van der Waals surface area contributed by atoms with Crippen molar-refractivity contribution in [1.29, 1.82) is 0 Å². The number of piperidine rings is 1. The fourth-order valence-corrected chi connectivity index (χ4v) is 6.82. The molecule has 3 aromatic carbocycles. The molecular formula is C38H48N4O5S. The highest BCUT2D eigenvalue weighted by molar-refractivity contribution is 8.14. The second-order valence-electron chi connectivity index (χ2n) is 12.6. The Morgan fingerprint density at radius 3 is 2.35 bits per heavy atom. The third-order valence-electron chi connectivity index (χ3n) is 8.79. The number of nitrogens with one attached hydrogen (secondary N) is 3. The molecule has 0 aromatic heterocycles. The van der Waals surface area contributed by atoms with Crippen LogP contribution in [-0.2, 0) is 36.8 Å². The molecule has 4 rings (SSSR count). The van der Waals surface area contributed by atoms with E-state index in [1.54, 1.807) is 4.90 Å². The van der Waals surface area contributed by atoms with Gasteiger partial charge in [0.25, 0.3) is 0 Å². The van der Waals surface area contributed by atoms with Crippen molar-refractivity contribution in [2.24, 2.45) is 5.41 Å².